The second kappa shape index (κ2) is 6.92. The van der Waals surface area contributed by atoms with Gasteiger partial charge in [-0.05, 0) is 37.1 Å². The molecule has 1 saturated carbocycles. The molecular weight excluding hydrogens is 324 g/mol. The zero-order chi connectivity index (χ0) is 18.1. The van der Waals surface area contributed by atoms with Crippen LogP contribution in [0.5, 0.6) is 0 Å². The summed E-state index contributed by atoms with van der Waals surface area (Å²) in [5, 5.41) is 2.65. The van der Waals surface area contributed by atoms with E-state index in [0.29, 0.717) is 5.56 Å². The van der Waals surface area contributed by atoms with E-state index in [0.717, 1.165) is 35.3 Å². The number of hydrogen-bond acceptors (Lipinski definition) is 3. The quantitative estimate of drug-likeness (QED) is 0.761. The van der Waals surface area contributed by atoms with Crippen molar-refractivity contribution in [3.05, 3.63) is 54.1 Å². The molecule has 0 spiro atoms. The van der Waals surface area contributed by atoms with Crippen LogP contribution in [-0.4, -0.2) is 28.5 Å². The predicted octanol–water partition coefficient (Wildman–Crippen LogP) is 3.51. The van der Waals surface area contributed by atoms with Crippen LogP contribution in [0, 0.1) is 0 Å². The van der Waals surface area contributed by atoms with Crippen molar-refractivity contribution in [3.8, 4) is 11.4 Å². The van der Waals surface area contributed by atoms with Gasteiger partial charge >= 0.3 is 0 Å². The van der Waals surface area contributed by atoms with Gasteiger partial charge in [-0.25, -0.2) is 4.98 Å². The van der Waals surface area contributed by atoms with E-state index in [1.807, 2.05) is 42.5 Å². The number of amides is 1. The maximum Gasteiger partial charge on any atom is 0.251 e. The Balaban J connectivity index is 1.84. The highest BCUT2D eigenvalue weighted by atomic mass is 16.1. The molecule has 3 N–H and O–H groups in total. The lowest BCUT2D eigenvalue weighted by atomic mass is 9.90. The molecule has 0 radical (unpaired) electrons. The van der Waals surface area contributed by atoms with Gasteiger partial charge in [-0.1, -0.05) is 37.1 Å². The number of nitrogens with one attached hydrogen (secondary N) is 1. The molecule has 1 amide bonds. The lowest BCUT2D eigenvalue weighted by Crippen LogP contribution is -2.35. The normalized spacial score (nSPS) is 20.2. The minimum atomic E-state index is -0.0839. The van der Waals surface area contributed by atoms with E-state index in [-0.39, 0.29) is 18.0 Å². The molecule has 134 valence electrons. The number of imidazole rings is 1. The van der Waals surface area contributed by atoms with E-state index < -0.39 is 0 Å². The number of aromatic nitrogens is 2. The standard InChI is InChI=1S/C21H24N4O/c1-23-21(26)15-12-10-14(11-13-15)20-24-17-7-3-5-9-19(17)25(20)18-8-4-2-6-16(18)22/h3,5,7,9-13,16,18H,2,4,6,8,22H2,1H3,(H,23,26). The number of benzene rings is 2. The Bertz CT molecular complexity index is 929. The van der Waals surface area contributed by atoms with Gasteiger partial charge in [-0.2, -0.15) is 0 Å². The fourth-order valence-electron chi connectivity index (χ4n) is 3.96. The van der Waals surface area contributed by atoms with Crippen LogP contribution in [0.25, 0.3) is 22.4 Å². The van der Waals surface area contributed by atoms with Crippen molar-refractivity contribution in [1.29, 1.82) is 0 Å². The Morgan fingerprint density at radius 2 is 1.85 bits per heavy atom. The third-order valence-corrected chi connectivity index (χ3v) is 5.34. The summed E-state index contributed by atoms with van der Waals surface area (Å²) in [6.07, 6.45) is 4.51. The van der Waals surface area contributed by atoms with Gasteiger partial charge in [0.2, 0.25) is 0 Å². The highest BCUT2D eigenvalue weighted by Crippen LogP contribution is 2.35. The molecule has 5 nitrogen and oxygen atoms in total. The van der Waals surface area contributed by atoms with Crippen molar-refractivity contribution in [1.82, 2.24) is 14.9 Å². The number of nitrogens with zero attached hydrogens (tertiary/aromatic N) is 2. The molecule has 1 fully saturated rings. The predicted molar refractivity (Wildman–Crippen MR) is 104 cm³/mol. The zero-order valence-corrected chi connectivity index (χ0v) is 15.0. The lowest BCUT2D eigenvalue weighted by molar-refractivity contribution is 0.0963. The first-order valence-corrected chi connectivity index (χ1v) is 9.24. The Morgan fingerprint density at radius 1 is 1.12 bits per heavy atom. The summed E-state index contributed by atoms with van der Waals surface area (Å²) in [5.41, 5.74) is 10.2. The van der Waals surface area contributed by atoms with Gasteiger partial charge in [0.05, 0.1) is 17.1 Å². The van der Waals surface area contributed by atoms with Gasteiger partial charge in [0, 0.05) is 24.2 Å². The maximum atomic E-state index is 11.8. The molecule has 0 aliphatic heterocycles. The first-order valence-electron chi connectivity index (χ1n) is 9.24. The summed E-state index contributed by atoms with van der Waals surface area (Å²) in [6.45, 7) is 0. The SMILES string of the molecule is CNC(=O)c1ccc(-c2nc3ccccc3n2C2CCCCC2N)cc1. The first-order chi connectivity index (χ1) is 12.7. The van der Waals surface area contributed by atoms with Crippen LogP contribution in [0.3, 0.4) is 0 Å². The van der Waals surface area contributed by atoms with Crippen molar-refractivity contribution in [2.45, 2.75) is 37.8 Å². The maximum absolute atomic E-state index is 11.8. The van der Waals surface area contributed by atoms with Gasteiger partial charge in [0.15, 0.2) is 0 Å². The van der Waals surface area contributed by atoms with E-state index in [1.165, 1.54) is 12.8 Å². The van der Waals surface area contributed by atoms with Crippen molar-refractivity contribution in [3.63, 3.8) is 0 Å². The highest BCUT2D eigenvalue weighted by molar-refractivity contribution is 5.94. The summed E-state index contributed by atoms with van der Waals surface area (Å²) in [7, 11) is 1.64. The molecule has 1 heterocycles. The van der Waals surface area contributed by atoms with Crippen LogP contribution in [0.4, 0.5) is 0 Å². The summed E-state index contributed by atoms with van der Waals surface area (Å²) < 4.78 is 2.31. The van der Waals surface area contributed by atoms with Crippen molar-refractivity contribution >= 4 is 16.9 Å². The molecule has 2 aromatic carbocycles. The topological polar surface area (TPSA) is 72.9 Å². The smallest absolute Gasteiger partial charge is 0.251 e. The third-order valence-electron chi connectivity index (χ3n) is 5.34. The number of nitrogens with two attached hydrogens (primary N) is 1. The monoisotopic (exact) mass is 348 g/mol. The zero-order valence-electron chi connectivity index (χ0n) is 15.0. The van der Waals surface area contributed by atoms with Gasteiger partial charge in [0.1, 0.15) is 5.82 Å². The fourth-order valence-corrected chi connectivity index (χ4v) is 3.96. The molecule has 4 rings (SSSR count). The van der Waals surface area contributed by atoms with Crippen molar-refractivity contribution in [2.24, 2.45) is 5.73 Å². The van der Waals surface area contributed by atoms with Gasteiger partial charge in [-0.15, -0.1) is 0 Å². The molecule has 0 saturated heterocycles. The van der Waals surface area contributed by atoms with E-state index in [1.54, 1.807) is 7.05 Å². The van der Waals surface area contributed by atoms with Crippen molar-refractivity contribution in [2.75, 3.05) is 7.05 Å². The van der Waals surface area contributed by atoms with Crippen LogP contribution in [0.15, 0.2) is 48.5 Å². The average molecular weight is 348 g/mol. The Morgan fingerprint density at radius 3 is 2.58 bits per heavy atom. The largest absolute Gasteiger partial charge is 0.355 e. The van der Waals surface area contributed by atoms with Crippen LogP contribution in [-0.2, 0) is 0 Å². The third kappa shape index (κ3) is 2.88. The van der Waals surface area contributed by atoms with E-state index in [2.05, 4.69) is 16.0 Å². The second-order valence-corrected chi connectivity index (χ2v) is 6.97. The van der Waals surface area contributed by atoms with Gasteiger partial charge in [-0.3, -0.25) is 4.79 Å². The number of carbonyl (C=O) groups excluding carboxylic acids is 1. The summed E-state index contributed by atoms with van der Waals surface area (Å²) in [4.78, 5) is 16.7. The Kier molecular flexibility index (Phi) is 4.47. The number of hydrogen-bond donors (Lipinski definition) is 2. The molecular formula is C21H24N4O. The molecule has 26 heavy (non-hydrogen) atoms. The summed E-state index contributed by atoms with van der Waals surface area (Å²) in [6, 6.07) is 16.3. The van der Waals surface area contributed by atoms with E-state index in [4.69, 9.17) is 10.7 Å². The van der Waals surface area contributed by atoms with Crippen LogP contribution in [0.2, 0.25) is 0 Å². The molecule has 1 aliphatic rings. The van der Waals surface area contributed by atoms with Crippen LogP contribution < -0.4 is 11.1 Å². The fraction of sp³-hybridized carbons (Fsp3) is 0.333. The number of fused-ring (bicyclic) bond motifs is 1. The lowest BCUT2D eigenvalue weighted by Gasteiger charge is -2.31. The highest BCUT2D eigenvalue weighted by Gasteiger charge is 2.27. The van der Waals surface area contributed by atoms with Crippen LogP contribution in [0.1, 0.15) is 42.1 Å². The minimum absolute atomic E-state index is 0.0839. The van der Waals surface area contributed by atoms with E-state index in [9.17, 15) is 4.79 Å². The summed E-state index contributed by atoms with van der Waals surface area (Å²) >= 11 is 0. The Labute approximate surface area is 153 Å². The summed E-state index contributed by atoms with van der Waals surface area (Å²) in [5.74, 6) is 0.844. The number of carbonyl (C=O) groups is 1. The molecule has 1 aliphatic carbocycles. The van der Waals surface area contributed by atoms with Crippen molar-refractivity contribution < 1.29 is 4.79 Å². The average Bonchev–Trinajstić information content (AvgIpc) is 3.07. The van der Waals surface area contributed by atoms with E-state index >= 15 is 0 Å². The first kappa shape index (κ1) is 16.8. The number of rotatable bonds is 3. The van der Waals surface area contributed by atoms with Gasteiger partial charge < -0.3 is 15.6 Å². The second-order valence-electron chi connectivity index (χ2n) is 6.97. The number of para-hydroxylation sites is 2. The van der Waals surface area contributed by atoms with Gasteiger partial charge in [0.25, 0.3) is 5.91 Å². The molecule has 2 atom stereocenters. The minimum Gasteiger partial charge on any atom is -0.355 e. The Hall–Kier alpha value is -2.66. The van der Waals surface area contributed by atoms with Crippen LogP contribution >= 0.6 is 0 Å². The molecule has 3 aromatic rings. The molecule has 5 heteroatoms. The molecule has 1 aromatic heterocycles. The molecule has 2 unspecified atom stereocenters. The molecule has 0 bridgehead atoms.